The van der Waals surface area contributed by atoms with Crippen molar-refractivity contribution in [1.29, 1.82) is 0 Å². The lowest BCUT2D eigenvalue weighted by molar-refractivity contribution is 0.0258. The van der Waals surface area contributed by atoms with E-state index in [1.54, 1.807) is 12.0 Å². The Morgan fingerprint density at radius 2 is 1.83 bits per heavy atom. The van der Waals surface area contributed by atoms with Crippen molar-refractivity contribution in [1.82, 2.24) is 14.9 Å². The molecule has 0 spiro atoms. The highest BCUT2D eigenvalue weighted by atomic mass is 16.6. The Hall–Kier alpha value is -2.83. The van der Waals surface area contributed by atoms with Gasteiger partial charge in [-0.2, -0.15) is 4.98 Å². The van der Waals surface area contributed by atoms with Gasteiger partial charge in [0.05, 0.1) is 12.8 Å². The quantitative estimate of drug-likeness (QED) is 0.786. The molecule has 0 radical (unpaired) electrons. The van der Waals surface area contributed by atoms with Crippen molar-refractivity contribution in [3.63, 3.8) is 0 Å². The molecule has 0 fully saturated rings. The van der Waals surface area contributed by atoms with Gasteiger partial charge in [-0.25, -0.2) is 9.78 Å². The molecule has 156 valence electrons. The van der Waals surface area contributed by atoms with Gasteiger partial charge in [-0.15, -0.1) is 0 Å². The third-order valence-electron chi connectivity index (χ3n) is 4.74. The third-order valence-corrected chi connectivity index (χ3v) is 4.74. The molecule has 3 rings (SSSR count). The molecule has 0 aliphatic carbocycles. The van der Waals surface area contributed by atoms with Crippen LogP contribution in [0.1, 0.15) is 37.6 Å². The van der Waals surface area contributed by atoms with Crippen LogP contribution in [0.25, 0.3) is 0 Å². The molecule has 0 N–H and O–H groups in total. The lowest BCUT2D eigenvalue weighted by atomic mass is 10.1. The molecule has 1 aliphatic rings. The molecule has 1 aromatic carbocycles. The SMILES string of the molecule is COc1nc(N(C)Cc2ccccc2)nc2c1CCN(C(=O)OC(C)(C)C)CC2. The van der Waals surface area contributed by atoms with E-state index < -0.39 is 5.60 Å². The predicted molar refractivity (Wildman–Crippen MR) is 112 cm³/mol. The van der Waals surface area contributed by atoms with E-state index in [4.69, 9.17) is 14.5 Å². The number of ether oxygens (including phenoxy) is 2. The average Bonchev–Trinajstić information content (AvgIpc) is 2.89. The van der Waals surface area contributed by atoms with Crippen LogP contribution in [0.3, 0.4) is 0 Å². The van der Waals surface area contributed by atoms with E-state index in [9.17, 15) is 4.79 Å². The number of rotatable bonds is 4. The Labute approximate surface area is 172 Å². The highest BCUT2D eigenvalue weighted by Crippen LogP contribution is 2.26. The number of fused-ring (bicyclic) bond motifs is 1. The Kier molecular flexibility index (Phi) is 6.25. The summed E-state index contributed by atoms with van der Waals surface area (Å²) >= 11 is 0. The first-order chi connectivity index (χ1) is 13.8. The standard InChI is InChI=1S/C22H30N4O3/c1-22(2,3)29-21(27)26-13-11-17-18(12-14-26)23-20(24-19(17)28-5)25(4)15-16-9-7-6-8-10-16/h6-10H,11-15H2,1-5H3. The van der Waals surface area contributed by atoms with Crippen molar-refractivity contribution in [2.24, 2.45) is 0 Å². The molecule has 0 saturated carbocycles. The van der Waals surface area contributed by atoms with Gasteiger partial charge in [-0.1, -0.05) is 30.3 Å². The fourth-order valence-electron chi connectivity index (χ4n) is 3.33. The molecule has 2 aromatic rings. The second-order valence-electron chi connectivity index (χ2n) is 8.27. The van der Waals surface area contributed by atoms with Crippen LogP contribution in [0.2, 0.25) is 0 Å². The number of carbonyl (C=O) groups excluding carboxylic acids is 1. The minimum atomic E-state index is -0.513. The number of amides is 1. The molecule has 1 aromatic heterocycles. The topological polar surface area (TPSA) is 67.8 Å². The highest BCUT2D eigenvalue weighted by molar-refractivity contribution is 5.68. The van der Waals surface area contributed by atoms with Crippen LogP contribution in [0.4, 0.5) is 10.7 Å². The average molecular weight is 399 g/mol. The monoisotopic (exact) mass is 398 g/mol. The smallest absolute Gasteiger partial charge is 0.410 e. The molecular weight excluding hydrogens is 368 g/mol. The van der Waals surface area contributed by atoms with Crippen molar-refractivity contribution in [2.75, 3.05) is 32.1 Å². The summed E-state index contributed by atoms with van der Waals surface area (Å²) < 4.78 is 11.1. The van der Waals surface area contributed by atoms with Crippen LogP contribution < -0.4 is 9.64 Å². The first-order valence-electron chi connectivity index (χ1n) is 9.93. The van der Waals surface area contributed by atoms with Crippen LogP contribution in [0, 0.1) is 0 Å². The number of anilines is 1. The molecular formula is C22H30N4O3. The van der Waals surface area contributed by atoms with Gasteiger partial charge in [0, 0.05) is 38.7 Å². The van der Waals surface area contributed by atoms with Crippen molar-refractivity contribution >= 4 is 12.0 Å². The van der Waals surface area contributed by atoms with Crippen molar-refractivity contribution < 1.29 is 14.3 Å². The summed E-state index contributed by atoms with van der Waals surface area (Å²) in [5.41, 5.74) is 2.57. The zero-order valence-electron chi connectivity index (χ0n) is 17.9. The van der Waals surface area contributed by atoms with Crippen molar-refractivity contribution in [3.8, 4) is 5.88 Å². The molecule has 1 amide bonds. The number of hydrogen-bond acceptors (Lipinski definition) is 6. The molecule has 7 nitrogen and oxygen atoms in total. The lowest BCUT2D eigenvalue weighted by Crippen LogP contribution is -2.38. The summed E-state index contributed by atoms with van der Waals surface area (Å²) in [5.74, 6) is 1.20. The molecule has 7 heteroatoms. The number of benzene rings is 1. The van der Waals surface area contributed by atoms with Gasteiger partial charge in [-0.3, -0.25) is 0 Å². The molecule has 2 heterocycles. The van der Waals surface area contributed by atoms with Crippen molar-refractivity contribution in [2.45, 2.75) is 45.8 Å². The van der Waals surface area contributed by atoms with Crippen molar-refractivity contribution in [3.05, 3.63) is 47.2 Å². The van der Waals surface area contributed by atoms with E-state index in [-0.39, 0.29) is 6.09 Å². The summed E-state index contributed by atoms with van der Waals surface area (Å²) in [6.45, 7) is 7.44. The molecule has 0 bridgehead atoms. The molecule has 1 aliphatic heterocycles. The molecule has 0 saturated heterocycles. The maximum atomic E-state index is 12.5. The van der Waals surface area contributed by atoms with Crippen LogP contribution in [0.5, 0.6) is 5.88 Å². The first kappa shape index (κ1) is 20.9. The first-order valence-corrected chi connectivity index (χ1v) is 9.93. The van der Waals surface area contributed by atoms with E-state index in [1.165, 1.54) is 5.56 Å². The zero-order valence-corrected chi connectivity index (χ0v) is 17.9. The summed E-state index contributed by atoms with van der Waals surface area (Å²) in [6.07, 6.45) is 0.985. The van der Waals surface area contributed by atoms with Crippen LogP contribution in [-0.2, 0) is 24.1 Å². The van der Waals surface area contributed by atoms with E-state index in [0.29, 0.717) is 44.3 Å². The lowest BCUT2D eigenvalue weighted by Gasteiger charge is -2.26. The Bertz CT molecular complexity index is 849. The van der Waals surface area contributed by atoms with E-state index >= 15 is 0 Å². The second-order valence-corrected chi connectivity index (χ2v) is 8.27. The van der Waals surface area contributed by atoms with Gasteiger partial charge in [0.15, 0.2) is 0 Å². The van der Waals surface area contributed by atoms with E-state index in [2.05, 4.69) is 17.1 Å². The number of hydrogen-bond donors (Lipinski definition) is 0. The largest absolute Gasteiger partial charge is 0.481 e. The highest BCUT2D eigenvalue weighted by Gasteiger charge is 2.27. The van der Waals surface area contributed by atoms with Gasteiger partial charge < -0.3 is 19.3 Å². The summed E-state index contributed by atoms with van der Waals surface area (Å²) in [4.78, 5) is 25.7. The molecule has 0 atom stereocenters. The predicted octanol–water partition coefficient (Wildman–Crippen LogP) is 3.46. The maximum Gasteiger partial charge on any atom is 0.410 e. The second kappa shape index (κ2) is 8.68. The molecule has 29 heavy (non-hydrogen) atoms. The Balaban J connectivity index is 1.79. The van der Waals surface area contributed by atoms with Crippen LogP contribution >= 0.6 is 0 Å². The minimum absolute atomic E-state index is 0.293. The van der Waals surface area contributed by atoms with E-state index in [0.717, 1.165) is 11.3 Å². The number of methoxy groups -OCH3 is 1. The Morgan fingerprint density at radius 1 is 1.14 bits per heavy atom. The maximum absolute atomic E-state index is 12.5. The van der Waals surface area contributed by atoms with Crippen LogP contribution in [0.15, 0.2) is 30.3 Å². The number of aromatic nitrogens is 2. The zero-order chi connectivity index (χ0) is 21.0. The van der Waals surface area contributed by atoms with Gasteiger partial charge in [0.1, 0.15) is 5.60 Å². The number of nitrogens with zero attached hydrogens (tertiary/aromatic N) is 4. The van der Waals surface area contributed by atoms with Gasteiger partial charge in [0.25, 0.3) is 0 Å². The fraction of sp³-hybridized carbons (Fsp3) is 0.500. The molecule has 0 unspecified atom stereocenters. The Morgan fingerprint density at radius 3 is 2.48 bits per heavy atom. The summed E-state index contributed by atoms with van der Waals surface area (Å²) in [7, 11) is 3.60. The third kappa shape index (κ3) is 5.37. The number of carbonyl (C=O) groups is 1. The van der Waals surface area contributed by atoms with Crippen LogP contribution in [-0.4, -0.2) is 53.8 Å². The summed E-state index contributed by atoms with van der Waals surface area (Å²) in [6, 6.07) is 10.2. The minimum Gasteiger partial charge on any atom is -0.481 e. The van der Waals surface area contributed by atoms with E-state index in [1.807, 2.05) is 50.9 Å². The van der Waals surface area contributed by atoms with Gasteiger partial charge in [0.2, 0.25) is 11.8 Å². The normalized spacial score (nSPS) is 14.0. The van der Waals surface area contributed by atoms with Gasteiger partial charge in [-0.05, 0) is 32.8 Å². The summed E-state index contributed by atoms with van der Waals surface area (Å²) in [5, 5.41) is 0. The fourth-order valence-corrected chi connectivity index (χ4v) is 3.33. The van der Waals surface area contributed by atoms with Gasteiger partial charge >= 0.3 is 6.09 Å².